The number of rotatable bonds is 5. The van der Waals surface area contributed by atoms with Crippen LogP contribution >= 0.6 is 11.3 Å². The average molecular weight is 265 g/mol. The molecule has 0 saturated carbocycles. The zero-order valence-electron chi connectivity index (χ0n) is 9.58. The minimum atomic E-state index is -0.981. The summed E-state index contributed by atoms with van der Waals surface area (Å²) >= 11 is 1.07. The summed E-state index contributed by atoms with van der Waals surface area (Å²) in [7, 11) is 0. The van der Waals surface area contributed by atoms with Crippen LogP contribution in [0.3, 0.4) is 0 Å². The molecule has 0 unspecified atom stereocenters. The third-order valence-electron chi connectivity index (χ3n) is 2.00. The molecular formula is C11H11N3O3S. The molecule has 0 saturated heterocycles. The summed E-state index contributed by atoms with van der Waals surface area (Å²) in [6.07, 6.45) is 2.92. The van der Waals surface area contributed by atoms with Gasteiger partial charge in [0.2, 0.25) is 5.88 Å². The van der Waals surface area contributed by atoms with Gasteiger partial charge in [-0.15, -0.1) is 0 Å². The van der Waals surface area contributed by atoms with E-state index < -0.39 is 5.97 Å². The predicted octanol–water partition coefficient (Wildman–Crippen LogP) is 2.38. The maximum absolute atomic E-state index is 10.7. The smallest absolute Gasteiger partial charge is 0.347 e. The molecule has 2 aromatic heterocycles. The van der Waals surface area contributed by atoms with E-state index in [4.69, 9.17) is 9.84 Å². The highest BCUT2D eigenvalue weighted by Crippen LogP contribution is 2.22. The predicted molar refractivity (Wildman–Crippen MR) is 67.8 cm³/mol. The van der Waals surface area contributed by atoms with E-state index in [0.29, 0.717) is 17.6 Å². The number of pyridine rings is 1. The van der Waals surface area contributed by atoms with E-state index in [0.717, 1.165) is 17.0 Å². The third kappa shape index (κ3) is 2.95. The van der Waals surface area contributed by atoms with E-state index in [9.17, 15) is 4.79 Å². The summed E-state index contributed by atoms with van der Waals surface area (Å²) in [5, 5.41) is 12.3. The molecule has 94 valence electrons. The summed E-state index contributed by atoms with van der Waals surface area (Å²) < 4.78 is 5.22. The molecule has 0 atom stereocenters. The van der Waals surface area contributed by atoms with Gasteiger partial charge in [-0.25, -0.2) is 14.8 Å². The molecule has 6 nitrogen and oxygen atoms in total. The first kappa shape index (κ1) is 12.3. The van der Waals surface area contributed by atoms with Crippen LogP contribution in [0.25, 0.3) is 0 Å². The standard InChI is InChI=1S/C11H11N3O3S/c1-2-17-9-4-3-7(5-12-9)14-11-13-6-8(18-11)10(15)16/h3-6H,2H2,1H3,(H,13,14)(H,15,16). The first-order valence-electron chi connectivity index (χ1n) is 5.24. The zero-order chi connectivity index (χ0) is 13.0. The number of ether oxygens (including phenoxy) is 1. The molecule has 2 rings (SSSR count). The van der Waals surface area contributed by atoms with Crippen molar-refractivity contribution in [2.45, 2.75) is 6.92 Å². The monoisotopic (exact) mass is 265 g/mol. The number of aromatic carboxylic acids is 1. The fraction of sp³-hybridized carbons (Fsp3) is 0.182. The highest BCUT2D eigenvalue weighted by molar-refractivity contribution is 7.17. The lowest BCUT2D eigenvalue weighted by Gasteiger charge is -2.04. The van der Waals surface area contributed by atoms with Gasteiger partial charge in [-0.2, -0.15) is 0 Å². The Hall–Kier alpha value is -2.15. The fourth-order valence-electron chi connectivity index (χ4n) is 1.24. The Labute approximate surface area is 107 Å². The van der Waals surface area contributed by atoms with Crippen LogP contribution in [0.5, 0.6) is 5.88 Å². The van der Waals surface area contributed by atoms with Crippen molar-refractivity contribution < 1.29 is 14.6 Å². The molecule has 0 spiro atoms. The molecular weight excluding hydrogens is 254 g/mol. The molecule has 2 heterocycles. The number of nitrogens with zero attached hydrogens (tertiary/aromatic N) is 2. The van der Waals surface area contributed by atoms with Crippen LogP contribution in [0.4, 0.5) is 10.8 Å². The maximum atomic E-state index is 10.7. The van der Waals surface area contributed by atoms with Crippen molar-refractivity contribution in [3.05, 3.63) is 29.4 Å². The summed E-state index contributed by atoms with van der Waals surface area (Å²) in [5.74, 6) is -0.432. The SMILES string of the molecule is CCOc1ccc(Nc2ncc(C(=O)O)s2)cn1. The molecule has 0 aliphatic rings. The average Bonchev–Trinajstić information content (AvgIpc) is 2.81. The van der Waals surface area contributed by atoms with E-state index in [1.807, 2.05) is 6.92 Å². The van der Waals surface area contributed by atoms with Crippen molar-refractivity contribution in [1.29, 1.82) is 0 Å². The fourth-order valence-corrected chi connectivity index (χ4v) is 1.92. The first-order valence-corrected chi connectivity index (χ1v) is 6.05. The summed E-state index contributed by atoms with van der Waals surface area (Å²) in [6.45, 7) is 2.45. The molecule has 2 aromatic rings. The number of carboxylic acids is 1. The van der Waals surface area contributed by atoms with Crippen molar-refractivity contribution in [2.24, 2.45) is 0 Å². The Balaban J connectivity index is 2.06. The Kier molecular flexibility index (Phi) is 3.73. The van der Waals surface area contributed by atoms with Crippen LogP contribution < -0.4 is 10.1 Å². The Morgan fingerprint density at radius 2 is 2.28 bits per heavy atom. The van der Waals surface area contributed by atoms with Gasteiger partial charge in [-0.05, 0) is 13.0 Å². The first-order chi connectivity index (χ1) is 8.69. The lowest BCUT2D eigenvalue weighted by Crippen LogP contribution is -1.95. The second-order valence-corrected chi connectivity index (χ2v) is 4.31. The van der Waals surface area contributed by atoms with Gasteiger partial charge < -0.3 is 15.2 Å². The van der Waals surface area contributed by atoms with Crippen LogP contribution in [0, 0.1) is 0 Å². The normalized spacial score (nSPS) is 10.1. The molecule has 0 aliphatic carbocycles. The largest absolute Gasteiger partial charge is 0.478 e. The molecule has 0 fully saturated rings. The second kappa shape index (κ2) is 5.46. The number of carboxylic acid groups (broad SMARTS) is 1. The van der Waals surface area contributed by atoms with Crippen molar-refractivity contribution in [1.82, 2.24) is 9.97 Å². The van der Waals surface area contributed by atoms with Crippen LogP contribution in [0.2, 0.25) is 0 Å². The molecule has 0 aliphatic heterocycles. The molecule has 2 N–H and O–H groups in total. The molecule has 0 aromatic carbocycles. The van der Waals surface area contributed by atoms with Gasteiger partial charge >= 0.3 is 5.97 Å². The Morgan fingerprint density at radius 1 is 1.44 bits per heavy atom. The molecule has 0 amide bonds. The van der Waals surface area contributed by atoms with Crippen molar-refractivity contribution >= 4 is 28.1 Å². The second-order valence-electron chi connectivity index (χ2n) is 3.28. The molecule has 0 bridgehead atoms. The van der Waals surface area contributed by atoms with Gasteiger partial charge in [-0.3, -0.25) is 0 Å². The van der Waals surface area contributed by atoms with Crippen LogP contribution in [-0.2, 0) is 0 Å². The number of nitrogens with one attached hydrogen (secondary N) is 1. The van der Waals surface area contributed by atoms with Crippen LogP contribution in [0.1, 0.15) is 16.6 Å². The quantitative estimate of drug-likeness (QED) is 0.863. The third-order valence-corrected chi connectivity index (χ3v) is 2.90. The van der Waals surface area contributed by atoms with E-state index >= 15 is 0 Å². The van der Waals surface area contributed by atoms with E-state index in [1.54, 1.807) is 18.3 Å². The van der Waals surface area contributed by atoms with Crippen molar-refractivity contribution in [3.63, 3.8) is 0 Å². The van der Waals surface area contributed by atoms with Gasteiger partial charge in [0.1, 0.15) is 4.88 Å². The summed E-state index contributed by atoms with van der Waals surface area (Å²) in [5.41, 5.74) is 0.727. The number of aromatic nitrogens is 2. The molecule has 0 radical (unpaired) electrons. The van der Waals surface area contributed by atoms with Crippen LogP contribution in [0.15, 0.2) is 24.5 Å². The van der Waals surface area contributed by atoms with E-state index in [2.05, 4.69) is 15.3 Å². The number of hydrogen-bond acceptors (Lipinski definition) is 6. The van der Waals surface area contributed by atoms with Gasteiger partial charge in [0.15, 0.2) is 5.13 Å². The molecule has 18 heavy (non-hydrogen) atoms. The van der Waals surface area contributed by atoms with Crippen molar-refractivity contribution in [2.75, 3.05) is 11.9 Å². The van der Waals surface area contributed by atoms with E-state index in [-0.39, 0.29) is 4.88 Å². The number of carbonyl (C=O) groups is 1. The highest BCUT2D eigenvalue weighted by atomic mass is 32.1. The number of thiazole rings is 1. The van der Waals surface area contributed by atoms with Crippen molar-refractivity contribution in [3.8, 4) is 5.88 Å². The van der Waals surface area contributed by atoms with Crippen LogP contribution in [-0.4, -0.2) is 27.7 Å². The Bertz CT molecular complexity index is 539. The van der Waals surface area contributed by atoms with Gasteiger partial charge in [0, 0.05) is 6.07 Å². The minimum Gasteiger partial charge on any atom is -0.478 e. The Morgan fingerprint density at radius 3 is 2.83 bits per heavy atom. The lowest BCUT2D eigenvalue weighted by molar-refractivity contribution is 0.0702. The lowest BCUT2D eigenvalue weighted by atomic mass is 10.4. The number of anilines is 2. The topological polar surface area (TPSA) is 84.3 Å². The highest BCUT2D eigenvalue weighted by Gasteiger charge is 2.08. The summed E-state index contributed by atoms with van der Waals surface area (Å²) in [4.78, 5) is 18.9. The molecule has 7 heteroatoms. The van der Waals surface area contributed by atoms with Gasteiger partial charge in [0.05, 0.1) is 24.7 Å². The van der Waals surface area contributed by atoms with Gasteiger partial charge in [-0.1, -0.05) is 11.3 Å². The zero-order valence-corrected chi connectivity index (χ0v) is 10.4. The van der Waals surface area contributed by atoms with Gasteiger partial charge in [0.25, 0.3) is 0 Å². The summed E-state index contributed by atoms with van der Waals surface area (Å²) in [6, 6.07) is 3.53. The maximum Gasteiger partial charge on any atom is 0.347 e. The van der Waals surface area contributed by atoms with E-state index in [1.165, 1.54) is 6.20 Å². The number of hydrogen-bond donors (Lipinski definition) is 2. The minimum absolute atomic E-state index is 0.191.